The highest BCUT2D eigenvalue weighted by Crippen LogP contribution is 2.30. The molecule has 1 aliphatic heterocycles. The van der Waals surface area contributed by atoms with Gasteiger partial charge in [0.1, 0.15) is 0 Å². The van der Waals surface area contributed by atoms with Crippen molar-refractivity contribution in [2.24, 2.45) is 7.05 Å². The van der Waals surface area contributed by atoms with Crippen LogP contribution in [-0.4, -0.2) is 41.9 Å². The topological polar surface area (TPSA) is 72.3 Å². The highest BCUT2D eigenvalue weighted by molar-refractivity contribution is 7.92. The molecule has 1 saturated heterocycles. The van der Waals surface area contributed by atoms with Crippen molar-refractivity contribution >= 4 is 15.7 Å². The molecule has 24 heavy (non-hydrogen) atoms. The van der Waals surface area contributed by atoms with Crippen LogP contribution in [0.1, 0.15) is 30.1 Å². The van der Waals surface area contributed by atoms with Gasteiger partial charge in [-0.2, -0.15) is 0 Å². The SMILES string of the molecule is Cn1ccnc1S(=O)(=O)[C@@H](C(=O)N1CCCCC1)c1ccccc1. The number of nitrogens with zero attached hydrogens (tertiary/aromatic N) is 3. The Kier molecular flexibility index (Phi) is 4.71. The molecule has 0 saturated carbocycles. The first-order valence-electron chi connectivity index (χ1n) is 8.07. The van der Waals surface area contributed by atoms with Crippen molar-refractivity contribution in [2.75, 3.05) is 13.1 Å². The average Bonchev–Trinajstić information content (AvgIpc) is 3.03. The van der Waals surface area contributed by atoms with Crippen LogP contribution in [0, 0.1) is 0 Å². The number of likely N-dealkylation sites (tertiary alicyclic amines) is 1. The number of benzene rings is 1. The predicted molar refractivity (Wildman–Crippen MR) is 90.0 cm³/mol. The summed E-state index contributed by atoms with van der Waals surface area (Å²) in [4.78, 5) is 18.7. The largest absolute Gasteiger partial charge is 0.341 e. The molecule has 2 aromatic rings. The smallest absolute Gasteiger partial charge is 0.245 e. The summed E-state index contributed by atoms with van der Waals surface area (Å²) in [5, 5.41) is -1.33. The highest BCUT2D eigenvalue weighted by Gasteiger charge is 2.40. The molecule has 0 radical (unpaired) electrons. The van der Waals surface area contributed by atoms with Crippen LogP contribution in [0.15, 0.2) is 47.9 Å². The maximum atomic E-state index is 13.2. The Hall–Kier alpha value is -2.15. The van der Waals surface area contributed by atoms with E-state index in [1.807, 2.05) is 0 Å². The molecular weight excluding hydrogens is 326 g/mol. The summed E-state index contributed by atoms with van der Waals surface area (Å²) < 4.78 is 27.8. The number of rotatable bonds is 4. The fourth-order valence-electron chi connectivity index (χ4n) is 3.09. The zero-order valence-electron chi connectivity index (χ0n) is 13.6. The molecular formula is C17H21N3O3S. The second-order valence-corrected chi connectivity index (χ2v) is 7.97. The van der Waals surface area contributed by atoms with Gasteiger partial charge < -0.3 is 9.47 Å². The van der Waals surface area contributed by atoms with Crippen molar-refractivity contribution in [3.63, 3.8) is 0 Å². The first-order valence-corrected chi connectivity index (χ1v) is 9.61. The van der Waals surface area contributed by atoms with Gasteiger partial charge in [0.05, 0.1) is 0 Å². The van der Waals surface area contributed by atoms with Crippen LogP contribution < -0.4 is 0 Å². The van der Waals surface area contributed by atoms with Gasteiger partial charge in [0.15, 0.2) is 5.25 Å². The highest BCUT2D eigenvalue weighted by atomic mass is 32.2. The third kappa shape index (κ3) is 3.08. The van der Waals surface area contributed by atoms with Gasteiger partial charge >= 0.3 is 0 Å². The maximum Gasteiger partial charge on any atom is 0.245 e. The fourth-order valence-corrected chi connectivity index (χ4v) is 4.90. The summed E-state index contributed by atoms with van der Waals surface area (Å²) in [5.41, 5.74) is 0.482. The summed E-state index contributed by atoms with van der Waals surface area (Å²) in [5.74, 6) is -0.357. The number of carbonyl (C=O) groups is 1. The lowest BCUT2D eigenvalue weighted by Gasteiger charge is -2.30. The van der Waals surface area contributed by atoms with Gasteiger partial charge in [-0.25, -0.2) is 13.4 Å². The first-order chi connectivity index (χ1) is 11.5. The molecule has 1 amide bonds. The van der Waals surface area contributed by atoms with Gasteiger partial charge in [-0.05, 0) is 24.8 Å². The van der Waals surface area contributed by atoms with Crippen LogP contribution in [0.25, 0.3) is 0 Å². The Morgan fingerprint density at radius 3 is 2.38 bits per heavy atom. The van der Waals surface area contributed by atoms with Crippen LogP contribution in [0.3, 0.4) is 0 Å². The van der Waals surface area contributed by atoms with Crippen molar-refractivity contribution in [3.8, 4) is 0 Å². The van der Waals surface area contributed by atoms with Crippen LogP contribution in [-0.2, 0) is 21.7 Å². The second kappa shape index (κ2) is 6.76. The molecule has 0 aliphatic carbocycles. The van der Waals surface area contributed by atoms with E-state index in [1.54, 1.807) is 48.5 Å². The van der Waals surface area contributed by atoms with E-state index in [2.05, 4.69) is 4.98 Å². The molecule has 1 fully saturated rings. The number of amides is 1. The minimum Gasteiger partial charge on any atom is -0.341 e. The molecule has 3 rings (SSSR count). The zero-order valence-corrected chi connectivity index (χ0v) is 14.4. The minimum absolute atomic E-state index is 0.0817. The predicted octanol–water partition coefficient (Wildman–Crippen LogP) is 1.95. The zero-order chi connectivity index (χ0) is 17.2. The molecule has 1 aromatic heterocycles. The second-order valence-electron chi connectivity index (χ2n) is 6.04. The van der Waals surface area contributed by atoms with E-state index in [0.717, 1.165) is 19.3 Å². The van der Waals surface area contributed by atoms with E-state index in [0.29, 0.717) is 18.7 Å². The van der Waals surface area contributed by atoms with Crippen molar-refractivity contribution in [1.82, 2.24) is 14.5 Å². The van der Waals surface area contributed by atoms with Crippen molar-refractivity contribution in [2.45, 2.75) is 29.7 Å². The Bertz CT molecular complexity index is 809. The van der Waals surface area contributed by atoms with Crippen LogP contribution in [0.4, 0.5) is 0 Å². The van der Waals surface area contributed by atoms with E-state index in [-0.39, 0.29) is 11.1 Å². The molecule has 7 heteroatoms. The van der Waals surface area contributed by atoms with Gasteiger partial charge in [0, 0.05) is 32.5 Å². The Balaban J connectivity index is 2.06. The number of piperidine rings is 1. The summed E-state index contributed by atoms with van der Waals surface area (Å²) in [7, 11) is -2.31. The lowest BCUT2D eigenvalue weighted by Crippen LogP contribution is -2.41. The third-order valence-electron chi connectivity index (χ3n) is 4.34. The van der Waals surface area contributed by atoms with Gasteiger partial charge in [-0.3, -0.25) is 4.79 Å². The molecule has 0 spiro atoms. The van der Waals surface area contributed by atoms with Crippen LogP contribution in [0.2, 0.25) is 0 Å². The van der Waals surface area contributed by atoms with Gasteiger partial charge in [0.2, 0.25) is 20.9 Å². The molecule has 0 N–H and O–H groups in total. The van der Waals surface area contributed by atoms with Gasteiger partial charge in [-0.1, -0.05) is 30.3 Å². The molecule has 2 heterocycles. The van der Waals surface area contributed by atoms with Crippen LogP contribution in [0.5, 0.6) is 0 Å². The number of sulfone groups is 1. The molecule has 0 unspecified atom stereocenters. The monoisotopic (exact) mass is 347 g/mol. The Morgan fingerprint density at radius 1 is 1.12 bits per heavy atom. The first kappa shape index (κ1) is 16.7. The van der Waals surface area contributed by atoms with E-state index in [1.165, 1.54) is 10.8 Å². The van der Waals surface area contributed by atoms with E-state index in [4.69, 9.17) is 0 Å². The normalized spacial score (nSPS) is 16.8. The minimum atomic E-state index is -3.93. The van der Waals surface area contributed by atoms with Gasteiger partial charge in [0.25, 0.3) is 0 Å². The standard InChI is InChI=1S/C17H21N3O3S/c1-19-13-10-18-17(19)24(22,23)15(14-8-4-2-5-9-14)16(21)20-11-6-3-7-12-20/h2,4-5,8-10,13,15H,3,6-7,11-12H2,1H3/t15-/m1/s1. The molecule has 1 aromatic carbocycles. The number of aryl methyl sites for hydroxylation is 1. The van der Waals surface area contributed by atoms with E-state index in [9.17, 15) is 13.2 Å². The number of imidazole rings is 1. The molecule has 128 valence electrons. The lowest BCUT2D eigenvalue weighted by atomic mass is 10.1. The Labute approximate surface area is 142 Å². The summed E-state index contributed by atoms with van der Waals surface area (Å²) in [6, 6.07) is 8.68. The van der Waals surface area contributed by atoms with Crippen molar-refractivity contribution < 1.29 is 13.2 Å². The molecule has 6 nitrogen and oxygen atoms in total. The summed E-state index contributed by atoms with van der Waals surface area (Å²) in [6.45, 7) is 1.22. The summed E-state index contributed by atoms with van der Waals surface area (Å²) >= 11 is 0. The number of carbonyl (C=O) groups excluding carboxylic acids is 1. The summed E-state index contributed by atoms with van der Waals surface area (Å²) in [6.07, 6.45) is 5.90. The maximum absolute atomic E-state index is 13.2. The van der Waals surface area contributed by atoms with Gasteiger partial charge in [-0.15, -0.1) is 0 Å². The van der Waals surface area contributed by atoms with Crippen LogP contribution >= 0.6 is 0 Å². The number of hydrogen-bond acceptors (Lipinski definition) is 4. The van der Waals surface area contributed by atoms with E-state index < -0.39 is 15.1 Å². The molecule has 1 aliphatic rings. The average molecular weight is 347 g/mol. The third-order valence-corrected chi connectivity index (χ3v) is 6.33. The number of hydrogen-bond donors (Lipinski definition) is 0. The fraction of sp³-hybridized carbons (Fsp3) is 0.412. The molecule has 0 bridgehead atoms. The molecule has 1 atom stereocenters. The van der Waals surface area contributed by atoms with E-state index >= 15 is 0 Å². The van der Waals surface area contributed by atoms with Crippen molar-refractivity contribution in [3.05, 3.63) is 48.3 Å². The van der Waals surface area contributed by atoms with Crippen molar-refractivity contribution in [1.29, 1.82) is 0 Å². The Morgan fingerprint density at radius 2 is 1.79 bits per heavy atom. The number of aromatic nitrogens is 2. The lowest BCUT2D eigenvalue weighted by molar-refractivity contribution is -0.131. The quantitative estimate of drug-likeness (QED) is 0.847.